The van der Waals surface area contributed by atoms with Crippen LogP contribution in [-0.2, 0) is 28.5 Å². The van der Waals surface area contributed by atoms with Crippen LogP contribution in [0.3, 0.4) is 0 Å². The zero-order valence-electron chi connectivity index (χ0n) is 29.8. The van der Waals surface area contributed by atoms with Crippen LogP contribution in [0.2, 0.25) is 0 Å². The zero-order chi connectivity index (χ0) is 38.5. The number of unbranched alkanes of at least 4 members (excludes halogenated alkanes) is 3. The summed E-state index contributed by atoms with van der Waals surface area (Å²) in [6.07, 6.45) is 10.1. The second kappa shape index (κ2) is 21.8. The molecule has 12 nitrogen and oxygen atoms in total. The summed E-state index contributed by atoms with van der Waals surface area (Å²) in [5.74, 6) is -0.307. The topological polar surface area (TPSA) is 150 Å². The third kappa shape index (κ3) is 13.9. The highest BCUT2D eigenvalue weighted by Gasteiger charge is 2.18. The second-order valence-electron chi connectivity index (χ2n) is 11.7. The van der Waals surface area contributed by atoms with Crippen LogP contribution in [0, 0.1) is 0 Å². The monoisotopic (exact) mass is 738 g/mol. The Morgan fingerprint density at radius 1 is 0.463 bits per heavy atom. The van der Waals surface area contributed by atoms with Crippen molar-refractivity contribution in [3.63, 3.8) is 0 Å². The van der Waals surface area contributed by atoms with E-state index < -0.39 is 29.8 Å². The average molecular weight is 739 g/mol. The maximum atomic E-state index is 12.8. The van der Waals surface area contributed by atoms with Gasteiger partial charge in [0.25, 0.3) is 0 Å². The Hall–Kier alpha value is -6.43. The quantitative estimate of drug-likeness (QED) is 0.0347. The molecule has 3 aromatic carbocycles. The van der Waals surface area contributed by atoms with Crippen LogP contribution >= 0.6 is 0 Å². The molecule has 0 heterocycles. The molecule has 0 saturated heterocycles. The van der Waals surface area contributed by atoms with E-state index in [1.54, 1.807) is 60.7 Å². The van der Waals surface area contributed by atoms with Gasteiger partial charge in [-0.15, -0.1) is 0 Å². The van der Waals surface area contributed by atoms with E-state index in [-0.39, 0.29) is 17.9 Å². The molecule has 0 aliphatic heterocycles. The lowest BCUT2D eigenvalue weighted by molar-refractivity contribution is -0.138. The van der Waals surface area contributed by atoms with Gasteiger partial charge in [0, 0.05) is 31.4 Å². The molecule has 0 unspecified atom stereocenters. The number of allylic oxidation sites excluding steroid dienone is 4. The summed E-state index contributed by atoms with van der Waals surface area (Å²) in [7, 11) is 0. The Balaban J connectivity index is 1.14. The van der Waals surface area contributed by atoms with Gasteiger partial charge >= 0.3 is 29.8 Å². The van der Waals surface area contributed by atoms with Crippen molar-refractivity contribution >= 4 is 29.8 Å². The van der Waals surface area contributed by atoms with Crippen molar-refractivity contribution in [3.05, 3.63) is 138 Å². The fourth-order valence-corrected chi connectivity index (χ4v) is 4.78. The molecule has 3 aromatic rings. The summed E-state index contributed by atoms with van der Waals surface area (Å²) in [4.78, 5) is 60.1. The number of carbonyl (C=O) groups excluding carboxylic acids is 5. The van der Waals surface area contributed by atoms with Crippen LogP contribution < -0.4 is 14.2 Å². The molecule has 0 N–H and O–H groups in total. The van der Waals surface area contributed by atoms with Gasteiger partial charge in [-0.2, -0.15) is 0 Å². The third-order valence-electron chi connectivity index (χ3n) is 7.69. The SMILES string of the molecule is C=CC(=O)OCCCCCCOc1ccc(C(=O)Oc2ccc(C(=O)OC3=CC=C(OC(=O)c4ccc(OCCCOC(=O)C=C)cc4)CC3)cc2)cc1. The number of hydrogen-bond acceptors (Lipinski definition) is 12. The van der Waals surface area contributed by atoms with Crippen molar-refractivity contribution in [2.45, 2.75) is 44.9 Å². The smallest absolute Gasteiger partial charge is 0.343 e. The van der Waals surface area contributed by atoms with E-state index in [2.05, 4.69) is 13.2 Å². The van der Waals surface area contributed by atoms with E-state index >= 15 is 0 Å². The predicted molar refractivity (Wildman–Crippen MR) is 197 cm³/mol. The lowest BCUT2D eigenvalue weighted by Crippen LogP contribution is -2.11. The zero-order valence-corrected chi connectivity index (χ0v) is 29.8. The highest BCUT2D eigenvalue weighted by atomic mass is 16.6. The summed E-state index contributed by atoms with van der Waals surface area (Å²) in [6.45, 7) is 8.13. The molecule has 0 fully saturated rings. The predicted octanol–water partition coefficient (Wildman–Crippen LogP) is 7.65. The number of esters is 5. The van der Waals surface area contributed by atoms with Gasteiger partial charge in [-0.05, 0) is 111 Å². The van der Waals surface area contributed by atoms with Crippen LogP contribution in [0.15, 0.2) is 122 Å². The maximum Gasteiger partial charge on any atom is 0.343 e. The summed E-state index contributed by atoms with van der Waals surface area (Å²) < 4.78 is 37.6. The van der Waals surface area contributed by atoms with Gasteiger partial charge < -0.3 is 33.2 Å². The Bertz CT molecular complexity index is 1820. The maximum absolute atomic E-state index is 12.8. The minimum absolute atomic E-state index is 0.213. The molecule has 0 bridgehead atoms. The van der Waals surface area contributed by atoms with Gasteiger partial charge in [-0.1, -0.05) is 13.2 Å². The van der Waals surface area contributed by atoms with Crippen molar-refractivity contribution in [3.8, 4) is 17.2 Å². The van der Waals surface area contributed by atoms with Crippen molar-refractivity contribution in [1.29, 1.82) is 0 Å². The van der Waals surface area contributed by atoms with Crippen LogP contribution in [0.4, 0.5) is 0 Å². The largest absolute Gasteiger partial charge is 0.494 e. The molecule has 0 aromatic heterocycles. The van der Waals surface area contributed by atoms with Crippen LogP contribution in [0.25, 0.3) is 0 Å². The lowest BCUT2D eigenvalue weighted by Gasteiger charge is -2.15. The molecule has 0 saturated carbocycles. The minimum atomic E-state index is -0.585. The molecule has 0 spiro atoms. The molecule has 4 rings (SSSR count). The van der Waals surface area contributed by atoms with E-state index in [0.29, 0.717) is 73.2 Å². The van der Waals surface area contributed by atoms with Gasteiger partial charge in [0.15, 0.2) is 0 Å². The van der Waals surface area contributed by atoms with Crippen LogP contribution in [-0.4, -0.2) is 56.3 Å². The molecule has 12 heteroatoms. The first-order chi connectivity index (χ1) is 26.2. The number of benzene rings is 3. The van der Waals surface area contributed by atoms with Crippen LogP contribution in [0.1, 0.15) is 76.0 Å². The Morgan fingerprint density at radius 2 is 0.833 bits per heavy atom. The van der Waals surface area contributed by atoms with Crippen molar-refractivity contribution < 1.29 is 57.1 Å². The fourth-order valence-electron chi connectivity index (χ4n) is 4.78. The van der Waals surface area contributed by atoms with Gasteiger partial charge in [0.05, 0.1) is 43.1 Å². The van der Waals surface area contributed by atoms with Crippen molar-refractivity contribution in [2.75, 3.05) is 26.4 Å². The van der Waals surface area contributed by atoms with Gasteiger partial charge in [-0.3, -0.25) is 0 Å². The molecular formula is C42H42O12. The second-order valence-corrected chi connectivity index (χ2v) is 11.7. The Labute approximate surface area is 313 Å². The number of hydrogen-bond donors (Lipinski definition) is 0. The molecule has 282 valence electrons. The summed E-state index contributed by atoms with van der Waals surface area (Å²) >= 11 is 0. The van der Waals surface area contributed by atoms with Crippen molar-refractivity contribution in [1.82, 2.24) is 0 Å². The normalized spacial score (nSPS) is 11.9. The summed E-state index contributed by atoms with van der Waals surface area (Å²) in [5, 5.41) is 0. The summed E-state index contributed by atoms with van der Waals surface area (Å²) in [6, 6.07) is 19.1. The fraction of sp³-hybridized carbons (Fsp3) is 0.262. The molecule has 0 amide bonds. The molecule has 1 aliphatic rings. The Kier molecular flexibility index (Phi) is 16.3. The lowest BCUT2D eigenvalue weighted by atomic mass is 10.1. The van der Waals surface area contributed by atoms with E-state index in [0.717, 1.165) is 37.8 Å². The number of carbonyl (C=O) groups is 5. The molecule has 54 heavy (non-hydrogen) atoms. The first-order valence-electron chi connectivity index (χ1n) is 17.4. The minimum Gasteiger partial charge on any atom is -0.494 e. The first kappa shape index (κ1) is 40.3. The number of ether oxygens (including phenoxy) is 7. The Morgan fingerprint density at radius 3 is 1.26 bits per heavy atom. The van der Waals surface area contributed by atoms with E-state index in [1.165, 1.54) is 24.3 Å². The van der Waals surface area contributed by atoms with E-state index in [9.17, 15) is 24.0 Å². The average Bonchev–Trinajstić information content (AvgIpc) is 3.19. The third-order valence-corrected chi connectivity index (χ3v) is 7.69. The van der Waals surface area contributed by atoms with Gasteiger partial charge in [0.1, 0.15) is 28.8 Å². The highest BCUT2D eigenvalue weighted by Crippen LogP contribution is 2.24. The van der Waals surface area contributed by atoms with Crippen LogP contribution in [0.5, 0.6) is 17.2 Å². The first-order valence-corrected chi connectivity index (χ1v) is 17.4. The molecule has 0 atom stereocenters. The highest BCUT2D eigenvalue weighted by molar-refractivity contribution is 5.92. The van der Waals surface area contributed by atoms with Crippen molar-refractivity contribution in [2.24, 2.45) is 0 Å². The number of rotatable bonds is 21. The van der Waals surface area contributed by atoms with Gasteiger partial charge in [-0.25, -0.2) is 24.0 Å². The molecular weight excluding hydrogens is 696 g/mol. The molecule has 1 aliphatic carbocycles. The van der Waals surface area contributed by atoms with E-state index in [1.807, 2.05) is 0 Å². The summed E-state index contributed by atoms with van der Waals surface area (Å²) in [5.41, 5.74) is 0.936. The van der Waals surface area contributed by atoms with Gasteiger partial charge in [0.2, 0.25) is 0 Å². The molecule has 0 radical (unpaired) electrons. The standard InChI is InChI=1S/C42H42O12/c1-3-38(43)50-27-8-6-5-7-26-48-33-16-10-30(11-17-33)40(45)52-35-20-14-32(15-21-35)42(47)54-37-24-22-36(23-25-37)53-41(46)31-12-18-34(19-13-31)49-28-9-29-51-39(44)4-2/h3-4,10-22,24H,1-2,5-9,23,25-29H2. The van der Waals surface area contributed by atoms with E-state index in [4.69, 9.17) is 33.2 Å².